The van der Waals surface area contributed by atoms with Crippen LogP contribution in [0.4, 0.5) is 0 Å². The molecule has 1 saturated carbocycles. The van der Waals surface area contributed by atoms with Crippen molar-refractivity contribution in [1.29, 1.82) is 0 Å². The predicted molar refractivity (Wildman–Crippen MR) is 71.6 cm³/mol. The van der Waals surface area contributed by atoms with Gasteiger partial charge in [0.05, 0.1) is 5.92 Å². The summed E-state index contributed by atoms with van der Waals surface area (Å²) >= 11 is 0. The first-order chi connectivity index (χ1) is 8.10. The van der Waals surface area contributed by atoms with Crippen LogP contribution in [-0.4, -0.2) is 30.4 Å². The number of nitrogens with zero attached hydrogens (tertiary/aromatic N) is 1. The fraction of sp³-hybridized carbons (Fsp3) is 0.929. The molecule has 2 N–H and O–H groups in total. The van der Waals surface area contributed by atoms with E-state index < -0.39 is 0 Å². The zero-order valence-corrected chi connectivity index (χ0v) is 11.6. The first kappa shape index (κ1) is 14.5. The van der Waals surface area contributed by atoms with E-state index in [9.17, 15) is 4.79 Å². The highest BCUT2D eigenvalue weighted by Crippen LogP contribution is 2.27. The number of hydrogen-bond donors (Lipinski definition) is 1. The van der Waals surface area contributed by atoms with E-state index >= 15 is 0 Å². The summed E-state index contributed by atoms with van der Waals surface area (Å²) in [6.45, 7) is 4.90. The van der Waals surface area contributed by atoms with E-state index in [0.717, 1.165) is 31.6 Å². The van der Waals surface area contributed by atoms with Crippen molar-refractivity contribution in [2.75, 3.05) is 13.6 Å². The highest BCUT2D eigenvalue weighted by atomic mass is 16.2. The van der Waals surface area contributed by atoms with Crippen molar-refractivity contribution in [2.45, 2.75) is 58.4 Å². The first-order valence-electron chi connectivity index (χ1n) is 7.06. The highest BCUT2D eigenvalue weighted by molar-refractivity contribution is 5.79. The van der Waals surface area contributed by atoms with Crippen LogP contribution in [0.1, 0.15) is 52.4 Å². The quantitative estimate of drug-likeness (QED) is 0.802. The average molecular weight is 240 g/mol. The lowest BCUT2D eigenvalue weighted by Gasteiger charge is -2.35. The van der Waals surface area contributed by atoms with E-state index in [1.807, 2.05) is 11.9 Å². The van der Waals surface area contributed by atoms with Crippen LogP contribution in [-0.2, 0) is 4.79 Å². The Morgan fingerprint density at radius 2 is 1.94 bits per heavy atom. The standard InChI is InChI=1S/C14H28N2O/c1-4-5-12(10-15)14(17)16(3)13-8-6-11(2)7-9-13/h11-13H,4-10,15H2,1-3H3. The van der Waals surface area contributed by atoms with E-state index in [4.69, 9.17) is 5.73 Å². The molecule has 1 aliphatic carbocycles. The van der Waals surface area contributed by atoms with Crippen molar-refractivity contribution in [3.63, 3.8) is 0 Å². The van der Waals surface area contributed by atoms with Gasteiger partial charge in [-0.2, -0.15) is 0 Å². The van der Waals surface area contributed by atoms with Crippen molar-refractivity contribution >= 4 is 5.91 Å². The monoisotopic (exact) mass is 240 g/mol. The third-order valence-electron chi connectivity index (χ3n) is 4.15. The van der Waals surface area contributed by atoms with Gasteiger partial charge in [-0.25, -0.2) is 0 Å². The van der Waals surface area contributed by atoms with E-state index in [1.54, 1.807) is 0 Å². The Morgan fingerprint density at radius 1 is 1.35 bits per heavy atom. The van der Waals surface area contributed by atoms with Crippen molar-refractivity contribution in [1.82, 2.24) is 4.90 Å². The Labute approximate surface area is 106 Å². The lowest BCUT2D eigenvalue weighted by atomic mass is 9.86. The Morgan fingerprint density at radius 3 is 2.41 bits per heavy atom. The van der Waals surface area contributed by atoms with Crippen LogP contribution in [0.15, 0.2) is 0 Å². The van der Waals surface area contributed by atoms with Crippen LogP contribution >= 0.6 is 0 Å². The van der Waals surface area contributed by atoms with Crippen LogP contribution < -0.4 is 5.73 Å². The summed E-state index contributed by atoms with van der Waals surface area (Å²) in [7, 11) is 1.96. The fourth-order valence-corrected chi connectivity index (χ4v) is 2.79. The van der Waals surface area contributed by atoms with Gasteiger partial charge in [-0.1, -0.05) is 20.3 Å². The molecule has 1 aliphatic rings. The van der Waals surface area contributed by atoms with E-state index in [2.05, 4.69) is 13.8 Å². The third-order valence-corrected chi connectivity index (χ3v) is 4.15. The van der Waals surface area contributed by atoms with Crippen molar-refractivity contribution in [2.24, 2.45) is 17.6 Å². The summed E-state index contributed by atoms with van der Waals surface area (Å²) in [6.07, 6.45) is 6.78. The minimum absolute atomic E-state index is 0.0318. The second kappa shape index (κ2) is 7.00. The summed E-state index contributed by atoms with van der Waals surface area (Å²) in [5.41, 5.74) is 5.70. The smallest absolute Gasteiger partial charge is 0.226 e. The Hall–Kier alpha value is -0.570. The van der Waals surface area contributed by atoms with Crippen molar-refractivity contribution < 1.29 is 4.79 Å². The van der Waals surface area contributed by atoms with Gasteiger partial charge in [0.2, 0.25) is 5.91 Å². The van der Waals surface area contributed by atoms with Crippen LogP contribution in [0.5, 0.6) is 0 Å². The van der Waals surface area contributed by atoms with E-state index in [0.29, 0.717) is 12.6 Å². The van der Waals surface area contributed by atoms with Gasteiger partial charge in [0.25, 0.3) is 0 Å². The summed E-state index contributed by atoms with van der Waals surface area (Å²) in [4.78, 5) is 14.3. The molecule has 0 heterocycles. The normalized spacial score (nSPS) is 26.6. The molecule has 17 heavy (non-hydrogen) atoms. The van der Waals surface area contributed by atoms with Crippen LogP contribution in [0, 0.1) is 11.8 Å². The molecule has 1 amide bonds. The zero-order chi connectivity index (χ0) is 12.8. The number of nitrogens with two attached hydrogens (primary N) is 1. The highest BCUT2D eigenvalue weighted by Gasteiger charge is 2.28. The van der Waals surface area contributed by atoms with E-state index in [-0.39, 0.29) is 11.8 Å². The molecule has 0 aromatic heterocycles. The molecular weight excluding hydrogens is 212 g/mol. The molecule has 1 rings (SSSR count). The molecule has 100 valence electrons. The predicted octanol–water partition coefficient (Wildman–Crippen LogP) is 2.40. The Balaban J connectivity index is 2.50. The first-order valence-corrected chi connectivity index (χ1v) is 7.06. The maximum absolute atomic E-state index is 12.3. The Bertz CT molecular complexity index is 234. The van der Waals surface area contributed by atoms with Gasteiger partial charge in [0.1, 0.15) is 0 Å². The molecule has 0 aromatic rings. The molecule has 0 saturated heterocycles. The maximum atomic E-state index is 12.3. The molecule has 3 nitrogen and oxygen atoms in total. The van der Waals surface area contributed by atoms with Crippen molar-refractivity contribution in [3.05, 3.63) is 0 Å². The molecular formula is C14H28N2O. The zero-order valence-electron chi connectivity index (χ0n) is 11.6. The molecule has 0 bridgehead atoms. The third kappa shape index (κ3) is 3.98. The van der Waals surface area contributed by atoms with E-state index in [1.165, 1.54) is 12.8 Å². The Kier molecular flexibility index (Phi) is 5.96. The van der Waals surface area contributed by atoms with Crippen molar-refractivity contribution in [3.8, 4) is 0 Å². The van der Waals surface area contributed by atoms with Gasteiger partial charge in [-0.3, -0.25) is 4.79 Å². The summed E-state index contributed by atoms with van der Waals surface area (Å²) in [5, 5.41) is 0. The van der Waals surface area contributed by atoms with Gasteiger partial charge >= 0.3 is 0 Å². The minimum Gasteiger partial charge on any atom is -0.342 e. The molecule has 1 unspecified atom stereocenters. The molecule has 1 atom stereocenters. The molecule has 0 aromatic carbocycles. The summed E-state index contributed by atoms with van der Waals surface area (Å²) < 4.78 is 0. The maximum Gasteiger partial charge on any atom is 0.226 e. The minimum atomic E-state index is 0.0318. The fourth-order valence-electron chi connectivity index (χ4n) is 2.79. The van der Waals surface area contributed by atoms with Gasteiger partial charge in [0, 0.05) is 19.6 Å². The second-order valence-electron chi connectivity index (χ2n) is 5.58. The van der Waals surface area contributed by atoms with Crippen LogP contribution in [0.3, 0.4) is 0 Å². The van der Waals surface area contributed by atoms with Gasteiger partial charge < -0.3 is 10.6 Å². The topological polar surface area (TPSA) is 46.3 Å². The van der Waals surface area contributed by atoms with Gasteiger partial charge in [-0.05, 0) is 38.0 Å². The molecule has 0 aliphatic heterocycles. The molecule has 0 radical (unpaired) electrons. The van der Waals surface area contributed by atoms with Gasteiger partial charge in [-0.15, -0.1) is 0 Å². The lowest BCUT2D eigenvalue weighted by Crippen LogP contribution is -2.44. The molecule has 3 heteroatoms. The second-order valence-corrected chi connectivity index (χ2v) is 5.58. The van der Waals surface area contributed by atoms with Crippen LogP contribution in [0.25, 0.3) is 0 Å². The summed E-state index contributed by atoms with van der Waals surface area (Å²) in [6, 6.07) is 0.449. The summed E-state index contributed by atoms with van der Waals surface area (Å²) in [5.74, 6) is 1.12. The lowest BCUT2D eigenvalue weighted by molar-refractivity contribution is -0.137. The van der Waals surface area contributed by atoms with Crippen LogP contribution in [0.2, 0.25) is 0 Å². The molecule has 0 spiro atoms. The molecule has 1 fully saturated rings. The SMILES string of the molecule is CCCC(CN)C(=O)N(C)C1CCC(C)CC1. The number of carbonyl (C=O) groups excluding carboxylic acids is 1. The number of hydrogen-bond acceptors (Lipinski definition) is 2. The number of rotatable bonds is 5. The average Bonchev–Trinajstić information content (AvgIpc) is 2.35. The van der Waals surface area contributed by atoms with Gasteiger partial charge in [0.15, 0.2) is 0 Å². The number of carbonyl (C=O) groups is 1. The number of amides is 1. The largest absolute Gasteiger partial charge is 0.342 e.